The van der Waals surface area contributed by atoms with E-state index in [1.807, 2.05) is 43.3 Å². The zero-order chi connectivity index (χ0) is 13.1. The molecule has 3 rings (SSSR count). The van der Waals surface area contributed by atoms with Crippen LogP contribution in [0.15, 0.2) is 57.8 Å². The summed E-state index contributed by atoms with van der Waals surface area (Å²) < 4.78 is 10.8. The van der Waals surface area contributed by atoms with Crippen LogP contribution in [-0.4, -0.2) is 4.98 Å². The summed E-state index contributed by atoms with van der Waals surface area (Å²) in [6, 6.07) is 11.9. The van der Waals surface area contributed by atoms with Gasteiger partial charge in [0.05, 0.1) is 12.7 Å². The van der Waals surface area contributed by atoms with Crippen LogP contribution >= 0.6 is 0 Å². The van der Waals surface area contributed by atoms with Gasteiger partial charge in [0.15, 0.2) is 12.2 Å². The van der Waals surface area contributed by atoms with Crippen molar-refractivity contribution in [3.8, 4) is 11.3 Å². The average molecular weight is 254 g/mol. The molecule has 4 nitrogen and oxygen atoms in total. The van der Waals surface area contributed by atoms with E-state index < -0.39 is 0 Å². The second-order valence-electron chi connectivity index (χ2n) is 4.31. The standard InChI is InChI=1S/C15H14N2O2/c1-11-5-6-14(19-11)8-17-13-4-2-3-12(7-13)15-9-16-10-18-15/h2-7,9-10,17H,8H2,1H3. The van der Waals surface area contributed by atoms with Crippen LogP contribution in [0.5, 0.6) is 0 Å². The highest BCUT2D eigenvalue weighted by Crippen LogP contribution is 2.22. The van der Waals surface area contributed by atoms with E-state index >= 15 is 0 Å². The van der Waals surface area contributed by atoms with Crippen molar-refractivity contribution in [2.24, 2.45) is 0 Å². The number of rotatable bonds is 4. The number of nitrogens with zero attached hydrogens (tertiary/aromatic N) is 1. The van der Waals surface area contributed by atoms with Gasteiger partial charge >= 0.3 is 0 Å². The Labute approximate surface area is 111 Å². The third kappa shape index (κ3) is 2.68. The summed E-state index contributed by atoms with van der Waals surface area (Å²) in [4.78, 5) is 3.92. The molecule has 1 N–H and O–H groups in total. The van der Waals surface area contributed by atoms with E-state index in [0.29, 0.717) is 6.54 Å². The second-order valence-corrected chi connectivity index (χ2v) is 4.31. The summed E-state index contributed by atoms with van der Waals surface area (Å²) in [5, 5.41) is 3.32. The van der Waals surface area contributed by atoms with Gasteiger partial charge in [-0.15, -0.1) is 0 Å². The fraction of sp³-hybridized carbons (Fsp3) is 0.133. The molecule has 4 heteroatoms. The molecule has 96 valence electrons. The Morgan fingerprint density at radius 2 is 2.16 bits per heavy atom. The summed E-state index contributed by atoms with van der Waals surface area (Å²) in [7, 11) is 0. The molecule has 3 aromatic rings. The van der Waals surface area contributed by atoms with Crippen LogP contribution in [0.25, 0.3) is 11.3 Å². The number of oxazole rings is 1. The van der Waals surface area contributed by atoms with Gasteiger partial charge < -0.3 is 14.2 Å². The highest BCUT2D eigenvalue weighted by molar-refractivity contribution is 5.63. The smallest absolute Gasteiger partial charge is 0.181 e. The van der Waals surface area contributed by atoms with Crippen molar-refractivity contribution < 1.29 is 8.83 Å². The molecule has 0 aliphatic rings. The minimum atomic E-state index is 0.660. The zero-order valence-corrected chi connectivity index (χ0v) is 10.6. The molecule has 0 aliphatic carbocycles. The molecule has 0 radical (unpaired) electrons. The highest BCUT2D eigenvalue weighted by Gasteiger charge is 2.03. The van der Waals surface area contributed by atoms with E-state index in [1.54, 1.807) is 6.20 Å². The molecule has 0 fully saturated rings. The first kappa shape index (κ1) is 11.6. The van der Waals surface area contributed by atoms with E-state index in [-0.39, 0.29) is 0 Å². The number of hydrogen-bond donors (Lipinski definition) is 1. The first-order chi connectivity index (χ1) is 9.31. The highest BCUT2D eigenvalue weighted by atomic mass is 16.3. The summed E-state index contributed by atoms with van der Waals surface area (Å²) in [6.07, 6.45) is 3.13. The predicted molar refractivity (Wildman–Crippen MR) is 72.7 cm³/mol. The van der Waals surface area contributed by atoms with Gasteiger partial charge in [0.25, 0.3) is 0 Å². The van der Waals surface area contributed by atoms with Gasteiger partial charge in [-0.2, -0.15) is 0 Å². The lowest BCUT2D eigenvalue weighted by Gasteiger charge is -2.05. The number of aromatic nitrogens is 1. The number of anilines is 1. The Balaban J connectivity index is 1.73. The molecule has 2 aromatic heterocycles. The van der Waals surface area contributed by atoms with E-state index in [2.05, 4.69) is 10.3 Å². The molecular weight excluding hydrogens is 240 g/mol. The Morgan fingerprint density at radius 1 is 1.21 bits per heavy atom. The Kier molecular flexibility index (Phi) is 3.06. The number of hydrogen-bond acceptors (Lipinski definition) is 4. The van der Waals surface area contributed by atoms with Crippen LogP contribution in [0.3, 0.4) is 0 Å². The summed E-state index contributed by atoms with van der Waals surface area (Å²) >= 11 is 0. The summed E-state index contributed by atoms with van der Waals surface area (Å²) in [5.41, 5.74) is 2.01. The lowest BCUT2D eigenvalue weighted by Crippen LogP contribution is -1.97. The van der Waals surface area contributed by atoms with Crippen LogP contribution in [0, 0.1) is 6.92 Å². The SMILES string of the molecule is Cc1ccc(CNc2cccc(-c3cnco3)c2)o1. The topological polar surface area (TPSA) is 51.2 Å². The lowest BCUT2D eigenvalue weighted by atomic mass is 10.1. The maximum absolute atomic E-state index is 5.52. The average Bonchev–Trinajstić information content (AvgIpc) is 3.08. The molecule has 0 saturated carbocycles. The van der Waals surface area contributed by atoms with Crippen LogP contribution in [0.2, 0.25) is 0 Å². The number of aryl methyl sites for hydroxylation is 1. The van der Waals surface area contributed by atoms with Crippen LogP contribution < -0.4 is 5.32 Å². The maximum atomic E-state index is 5.52. The van der Waals surface area contributed by atoms with Crippen molar-refractivity contribution in [3.05, 3.63) is 60.5 Å². The molecule has 19 heavy (non-hydrogen) atoms. The van der Waals surface area contributed by atoms with Crippen molar-refractivity contribution in [1.82, 2.24) is 4.98 Å². The monoisotopic (exact) mass is 254 g/mol. The van der Waals surface area contributed by atoms with Gasteiger partial charge in [0, 0.05) is 11.3 Å². The van der Waals surface area contributed by atoms with E-state index in [1.165, 1.54) is 6.39 Å². The van der Waals surface area contributed by atoms with Crippen LogP contribution in [0.1, 0.15) is 11.5 Å². The fourth-order valence-electron chi connectivity index (χ4n) is 1.91. The largest absolute Gasteiger partial charge is 0.465 e. The van der Waals surface area contributed by atoms with Crippen molar-refractivity contribution >= 4 is 5.69 Å². The van der Waals surface area contributed by atoms with Gasteiger partial charge in [0.1, 0.15) is 11.5 Å². The second kappa shape index (κ2) is 5.02. The molecule has 0 amide bonds. The molecule has 0 aliphatic heterocycles. The first-order valence-electron chi connectivity index (χ1n) is 6.09. The van der Waals surface area contributed by atoms with Crippen LogP contribution in [-0.2, 0) is 6.54 Å². The Hall–Kier alpha value is -2.49. The van der Waals surface area contributed by atoms with Crippen LogP contribution in [0.4, 0.5) is 5.69 Å². The first-order valence-corrected chi connectivity index (χ1v) is 6.09. The van der Waals surface area contributed by atoms with E-state index in [4.69, 9.17) is 8.83 Å². The van der Waals surface area contributed by atoms with Gasteiger partial charge in [-0.05, 0) is 31.2 Å². The van der Waals surface area contributed by atoms with E-state index in [0.717, 1.165) is 28.5 Å². The number of nitrogens with one attached hydrogen (secondary N) is 1. The number of furan rings is 1. The number of benzene rings is 1. The van der Waals surface area contributed by atoms with E-state index in [9.17, 15) is 0 Å². The Morgan fingerprint density at radius 3 is 2.89 bits per heavy atom. The van der Waals surface area contributed by atoms with Gasteiger partial charge in [0.2, 0.25) is 0 Å². The third-order valence-corrected chi connectivity index (χ3v) is 2.84. The van der Waals surface area contributed by atoms with Crippen molar-refractivity contribution in [3.63, 3.8) is 0 Å². The molecule has 2 heterocycles. The van der Waals surface area contributed by atoms with Gasteiger partial charge in [-0.25, -0.2) is 4.98 Å². The zero-order valence-electron chi connectivity index (χ0n) is 10.6. The summed E-state index contributed by atoms with van der Waals surface area (Å²) in [5.74, 6) is 2.60. The molecule has 0 unspecified atom stereocenters. The molecular formula is C15H14N2O2. The molecule has 1 aromatic carbocycles. The van der Waals surface area contributed by atoms with Gasteiger partial charge in [-0.1, -0.05) is 12.1 Å². The fourth-order valence-corrected chi connectivity index (χ4v) is 1.91. The van der Waals surface area contributed by atoms with Crippen molar-refractivity contribution in [2.75, 3.05) is 5.32 Å². The maximum Gasteiger partial charge on any atom is 0.181 e. The third-order valence-electron chi connectivity index (χ3n) is 2.84. The van der Waals surface area contributed by atoms with Crippen molar-refractivity contribution in [1.29, 1.82) is 0 Å². The summed E-state index contributed by atoms with van der Waals surface area (Å²) in [6.45, 7) is 2.60. The molecule has 0 saturated heterocycles. The van der Waals surface area contributed by atoms with Crippen molar-refractivity contribution in [2.45, 2.75) is 13.5 Å². The molecule has 0 bridgehead atoms. The minimum absolute atomic E-state index is 0.660. The Bertz CT molecular complexity index is 656. The molecule has 0 spiro atoms. The molecule has 0 atom stereocenters. The predicted octanol–water partition coefficient (Wildman–Crippen LogP) is 3.86. The normalized spacial score (nSPS) is 10.6. The van der Waals surface area contributed by atoms with Gasteiger partial charge in [-0.3, -0.25) is 0 Å². The lowest BCUT2D eigenvalue weighted by molar-refractivity contribution is 0.490. The minimum Gasteiger partial charge on any atom is -0.465 e. The quantitative estimate of drug-likeness (QED) is 0.768.